The van der Waals surface area contributed by atoms with Gasteiger partial charge in [-0.2, -0.15) is 0 Å². The minimum absolute atomic E-state index is 0.0347. The van der Waals surface area contributed by atoms with E-state index in [4.69, 9.17) is 5.21 Å². The van der Waals surface area contributed by atoms with Crippen molar-refractivity contribution >= 4 is 37.2 Å². The van der Waals surface area contributed by atoms with E-state index in [0.29, 0.717) is 10.1 Å². The highest BCUT2D eigenvalue weighted by atomic mass is 32.2. The van der Waals surface area contributed by atoms with Crippen molar-refractivity contribution in [3.63, 3.8) is 0 Å². The number of hydrogen-bond donors (Lipinski definition) is 2. The molecule has 1 heterocycles. The lowest BCUT2D eigenvalue weighted by Gasteiger charge is -2.06. The Morgan fingerprint density at radius 3 is 2.32 bits per heavy atom. The molecule has 1 amide bonds. The predicted octanol–water partition coefficient (Wildman–Crippen LogP) is 2.85. The summed E-state index contributed by atoms with van der Waals surface area (Å²) in [5.74, 6) is -0.837. The fourth-order valence-electron chi connectivity index (χ4n) is 2.21. The van der Waals surface area contributed by atoms with E-state index in [1.807, 2.05) is 0 Å². The summed E-state index contributed by atoms with van der Waals surface area (Å²) >= 11 is 1.03. The first-order chi connectivity index (χ1) is 10.6. The zero-order chi connectivity index (χ0) is 15.7. The number of hydroxylamine groups is 1. The van der Waals surface area contributed by atoms with Gasteiger partial charge in [0.25, 0.3) is 5.91 Å². The number of rotatable bonds is 3. The Kier molecular flexibility index (Phi) is 3.69. The van der Waals surface area contributed by atoms with Crippen LogP contribution in [0.1, 0.15) is 9.67 Å². The smallest absolute Gasteiger partial charge is 0.286 e. The SMILES string of the molecule is O=C(NO)c1sc2ccccc2c1S(=O)(=O)c1ccccc1. The topological polar surface area (TPSA) is 83.5 Å². The molecule has 3 rings (SSSR count). The first kappa shape index (κ1) is 14.7. The number of hydrogen-bond acceptors (Lipinski definition) is 5. The molecule has 22 heavy (non-hydrogen) atoms. The largest absolute Gasteiger partial charge is 0.288 e. The van der Waals surface area contributed by atoms with Crippen molar-refractivity contribution in [1.29, 1.82) is 0 Å². The van der Waals surface area contributed by atoms with Gasteiger partial charge in [0.2, 0.25) is 9.84 Å². The Bertz CT molecular complexity index is 946. The summed E-state index contributed by atoms with van der Waals surface area (Å²) in [5.41, 5.74) is 1.51. The number of fused-ring (bicyclic) bond motifs is 1. The van der Waals surface area contributed by atoms with Crippen molar-refractivity contribution in [2.45, 2.75) is 9.79 Å². The van der Waals surface area contributed by atoms with Crippen LogP contribution in [0.25, 0.3) is 10.1 Å². The molecule has 0 bridgehead atoms. The van der Waals surface area contributed by atoms with Gasteiger partial charge in [-0.1, -0.05) is 36.4 Å². The number of thiophene rings is 1. The number of benzene rings is 2. The van der Waals surface area contributed by atoms with Gasteiger partial charge >= 0.3 is 0 Å². The van der Waals surface area contributed by atoms with Crippen LogP contribution in [0.2, 0.25) is 0 Å². The molecule has 0 spiro atoms. The number of sulfone groups is 1. The zero-order valence-corrected chi connectivity index (χ0v) is 12.8. The first-order valence-electron chi connectivity index (χ1n) is 6.32. The van der Waals surface area contributed by atoms with E-state index in [9.17, 15) is 13.2 Å². The van der Waals surface area contributed by atoms with Crippen LogP contribution in [0, 0.1) is 0 Å². The minimum atomic E-state index is -3.87. The normalized spacial score (nSPS) is 11.5. The third kappa shape index (κ3) is 2.29. The number of nitrogens with one attached hydrogen (secondary N) is 1. The van der Waals surface area contributed by atoms with E-state index in [0.717, 1.165) is 11.3 Å². The van der Waals surface area contributed by atoms with Crippen molar-refractivity contribution < 1.29 is 18.4 Å². The van der Waals surface area contributed by atoms with Crippen molar-refractivity contribution in [1.82, 2.24) is 5.48 Å². The van der Waals surface area contributed by atoms with Gasteiger partial charge in [-0.05, 0) is 18.2 Å². The van der Waals surface area contributed by atoms with Crippen molar-refractivity contribution in [3.8, 4) is 0 Å². The third-order valence-corrected chi connectivity index (χ3v) is 6.33. The van der Waals surface area contributed by atoms with Crippen molar-refractivity contribution in [3.05, 3.63) is 59.5 Å². The lowest BCUT2D eigenvalue weighted by molar-refractivity contribution is 0.0708. The standard InChI is InChI=1S/C15H11NO4S2/c17-15(16-18)13-14(11-8-4-5-9-12(11)21-13)22(19,20)10-6-2-1-3-7-10/h1-9,18H,(H,16,17). The molecule has 0 radical (unpaired) electrons. The van der Waals surface area contributed by atoms with Crippen molar-refractivity contribution in [2.75, 3.05) is 0 Å². The average molecular weight is 333 g/mol. The summed E-state index contributed by atoms with van der Waals surface area (Å²) < 4.78 is 26.5. The predicted molar refractivity (Wildman–Crippen MR) is 83.0 cm³/mol. The Hall–Kier alpha value is -2.22. The van der Waals surface area contributed by atoms with Crippen LogP contribution in [0.15, 0.2) is 64.4 Å². The molecule has 0 unspecified atom stereocenters. The van der Waals surface area contributed by atoms with E-state index in [-0.39, 0.29) is 14.7 Å². The van der Waals surface area contributed by atoms with Crippen LogP contribution in [0.4, 0.5) is 0 Å². The Balaban J connectivity index is 2.36. The van der Waals surface area contributed by atoms with Gasteiger partial charge in [0, 0.05) is 10.1 Å². The fourth-order valence-corrected chi connectivity index (χ4v) is 5.27. The van der Waals surface area contributed by atoms with Gasteiger partial charge in [0.1, 0.15) is 9.77 Å². The maximum atomic E-state index is 12.9. The van der Waals surface area contributed by atoms with Gasteiger partial charge in [-0.15, -0.1) is 11.3 Å². The lowest BCUT2D eigenvalue weighted by Crippen LogP contribution is -2.19. The second-order valence-electron chi connectivity index (χ2n) is 4.51. The highest BCUT2D eigenvalue weighted by Crippen LogP contribution is 2.37. The fraction of sp³-hybridized carbons (Fsp3) is 0. The highest BCUT2D eigenvalue weighted by molar-refractivity contribution is 7.92. The van der Waals surface area contributed by atoms with Crippen molar-refractivity contribution in [2.24, 2.45) is 0 Å². The van der Waals surface area contributed by atoms with Crippen LogP contribution in [0.3, 0.4) is 0 Å². The minimum Gasteiger partial charge on any atom is -0.288 e. The Morgan fingerprint density at radius 1 is 1.00 bits per heavy atom. The van der Waals surface area contributed by atoms with E-state index in [2.05, 4.69) is 0 Å². The summed E-state index contributed by atoms with van der Waals surface area (Å²) in [7, 11) is -3.87. The quantitative estimate of drug-likeness (QED) is 0.570. The molecule has 7 heteroatoms. The molecule has 3 aromatic rings. The lowest BCUT2D eigenvalue weighted by atomic mass is 10.2. The third-order valence-electron chi connectivity index (χ3n) is 3.18. The monoisotopic (exact) mass is 333 g/mol. The summed E-state index contributed by atoms with van der Waals surface area (Å²) in [6.07, 6.45) is 0. The molecule has 0 saturated heterocycles. The van der Waals surface area contributed by atoms with Crippen LogP contribution in [-0.2, 0) is 9.84 Å². The summed E-state index contributed by atoms with van der Waals surface area (Å²) in [5, 5.41) is 9.35. The molecule has 0 aliphatic carbocycles. The molecule has 0 aliphatic rings. The highest BCUT2D eigenvalue weighted by Gasteiger charge is 2.29. The molecule has 112 valence electrons. The van der Waals surface area contributed by atoms with E-state index in [1.54, 1.807) is 42.5 Å². The molecular formula is C15H11NO4S2. The van der Waals surface area contributed by atoms with Crippen LogP contribution < -0.4 is 5.48 Å². The van der Waals surface area contributed by atoms with E-state index >= 15 is 0 Å². The second-order valence-corrected chi connectivity index (χ2v) is 7.45. The Morgan fingerprint density at radius 2 is 1.64 bits per heavy atom. The summed E-state index contributed by atoms with van der Waals surface area (Å²) in [6.45, 7) is 0. The molecule has 1 aromatic heterocycles. The molecule has 2 N–H and O–H groups in total. The molecule has 2 aromatic carbocycles. The molecule has 0 fully saturated rings. The van der Waals surface area contributed by atoms with Gasteiger partial charge < -0.3 is 0 Å². The second kappa shape index (κ2) is 5.53. The van der Waals surface area contributed by atoms with Gasteiger partial charge in [-0.3, -0.25) is 10.0 Å². The van der Waals surface area contributed by atoms with Gasteiger partial charge in [-0.25, -0.2) is 13.9 Å². The van der Waals surface area contributed by atoms with Gasteiger partial charge in [0.05, 0.1) is 4.90 Å². The van der Waals surface area contributed by atoms with Crippen LogP contribution >= 0.6 is 11.3 Å². The van der Waals surface area contributed by atoms with Crippen LogP contribution in [-0.4, -0.2) is 19.5 Å². The molecule has 0 saturated carbocycles. The number of carbonyl (C=O) groups is 1. The molecule has 5 nitrogen and oxygen atoms in total. The van der Waals surface area contributed by atoms with Gasteiger partial charge in [0.15, 0.2) is 0 Å². The molecule has 0 atom stereocenters. The molecule has 0 aliphatic heterocycles. The number of amides is 1. The van der Waals surface area contributed by atoms with Crippen LogP contribution in [0.5, 0.6) is 0 Å². The maximum absolute atomic E-state index is 12.9. The zero-order valence-electron chi connectivity index (χ0n) is 11.2. The summed E-state index contributed by atoms with van der Waals surface area (Å²) in [6, 6.07) is 14.8. The number of carbonyl (C=O) groups excluding carboxylic acids is 1. The first-order valence-corrected chi connectivity index (χ1v) is 8.62. The Labute approximate surface area is 130 Å². The van der Waals surface area contributed by atoms with E-state index in [1.165, 1.54) is 17.6 Å². The maximum Gasteiger partial charge on any atom is 0.286 e. The van der Waals surface area contributed by atoms with E-state index < -0.39 is 15.7 Å². The summed E-state index contributed by atoms with van der Waals surface area (Å²) in [4.78, 5) is 11.9. The molecular weight excluding hydrogens is 322 g/mol. The average Bonchev–Trinajstić information content (AvgIpc) is 2.95.